The van der Waals surface area contributed by atoms with E-state index in [1.54, 1.807) is 29.5 Å². The number of hydrogen-bond donors (Lipinski definition) is 2. The van der Waals surface area contributed by atoms with Crippen molar-refractivity contribution in [3.63, 3.8) is 0 Å². The Kier molecular flexibility index (Phi) is 3.66. The van der Waals surface area contributed by atoms with Crippen LogP contribution >= 0.6 is 11.3 Å². The predicted molar refractivity (Wildman–Crippen MR) is 88.7 cm³/mol. The minimum absolute atomic E-state index is 0.0825. The van der Waals surface area contributed by atoms with Crippen molar-refractivity contribution in [3.8, 4) is 0 Å². The lowest BCUT2D eigenvalue weighted by atomic mass is 10.1. The first-order valence-electron chi connectivity index (χ1n) is 7.56. The van der Waals surface area contributed by atoms with Gasteiger partial charge in [-0.25, -0.2) is 4.98 Å². The minimum atomic E-state index is -0.0825. The largest absolute Gasteiger partial charge is 0.350 e. The van der Waals surface area contributed by atoms with E-state index >= 15 is 0 Å². The molecule has 1 amide bonds. The molecule has 7 nitrogen and oxygen atoms in total. The smallest absolute Gasteiger partial charge is 0.251 e. The number of thiazole rings is 1. The fraction of sp³-hybridized carbons (Fsp3) is 0.333. The second-order valence-corrected chi connectivity index (χ2v) is 6.41. The van der Waals surface area contributed by atoms with E-state index in [4.69, 9.17) is 0 Å². The summed E-state index contributed by atoms with van der Waals surface area (Å²) in [4.78, 5) is 19.0. The highest BCUT2D eigenvalue weighted by Crippen LogP contribution is 2.26. The number of nitrogens with one attached hydrogen (secondary N) is 2. The van der Waals surface area contributed by atoms with Gasteiger partial charge in [0.1, 0.15) is 11.0 Å². The van der Waals surface area contributed by atoms with Gasteiger partial charge >= 0.3 is 0 Å². The Balaban J connectivity index is 1.42. The Hall–Kier alpha value is -2.48. The van der Waals surface area contributed by atoms with Crippen LogP contribution in [0.2, 0.25) is 0 Å². The van der Waals surface area contributed by atoms with Crippen molar-refractivity contribution in [3.05, 3.63) is 35.3 Å². The summed E-state index contributed by atoms with van der Waals surface area (Å²) in [7, 11) is 0. The van der Waals surface area contributed by atoms with Gasteiger partial charge in [0, 0.05) is 36.3 Å². The number of anilines is 1. The van der Waals surface area contributed by atoms with Crippen LogP contribution < -0.4 is 10.2 Å². The molecule has 3 aromatic rings. The number of amides is 1. The van der Waals surface area contributed by atoms with E-state index < -0.39 is 0 Å². The molecule has 1 unspecified atom stereocenters. The van der Waals surface area contributed by atoms with Crippen LogP contribution in [0.15, 0.2) is 29.8 Å². The lowest BCUT2D eigenvalue weighted by molar-refractivity contribution is 0.0951. The Morgan fingerprint density at radius 3 is 3.17 bits per heavy atom. The van der Waals surface area contributed by atoms with Gasteiger partial charge in [-0.05, 0) is 31.0 Å². The van der Waals surface area contributed by atoms with Gasteiger partial charge in [-0.3, -0.25) is 4.79 Å². The first kappa shape index (κ1) is 14.1. The zero-order valence-corrected chi connectivity index (χ0v) is 13.2. The zero-order valence-electron chi connectivity index (χ0n) is 12.4. The fourth-order valence-corrected chi connectivity index (χ4v) is 3.69. The molecule has 3 heterocycles. The van der Waals surface area contributed by atoms with E-state index in [1.165, 1.54) is 0 Å². The fourth-order valence-electron chi connectivity index (χ4n) is 2.95. The van der Waals surface area contributed by atoms with Crippen molar-refractivity contribution in [1.82, 2.24) is 25.7 Å². The first-order chi connectivity index (χ1) is 11.3. The van der Waals surface area contributed by atoms with Crippen LogP contribution in [0.25, 0.3) is 11.0 Å². The first-order valence-corrected chi connectivity index (χ1v) is 8.44. The van der Waals surface area contributed by atoms with Crippen LogP contribution in [0, 0.1) is 0 Å². The summed E-state index contributed by atoms with van der Waals surface area (Å²) in [5.41, 5.74) is 2.06. The number of rotatable bonds is 4. The number of aromatic nitrogens is 4. The number of hydrogen-bond acceptors (Lipinski definition) is 6. The van der Waals surface area contributed by atoms with Crippen molar-refractivity contribution in [1.29, 1.82) is 0 Å². The third-order valence-corrected chi connectivity index (χ3v) is 4.93. The number of nitrogens with zero attached hydrogens (tertiary/aromatic N) is 4. The molecule has 1 saturated heterocycles. The van der Waals surface area contributed by atoms with Crippen LogP contribution in [0.4, 0.5) is 5.13 Å². The molecule has 1 atom stereocenters. The molecule has 2 N–H and O–H groups in total. The van der Waals surface area contributed by atoms with Crippen LogP contribution in [-0.4, -0.2) is 45.4 Å². The van der Waals surface area contributed by atoms with Gasteiger partial charge in [0.25, 0.3) is 5.91 Å². The third-order valence-electron chi connectivity index (χ3n) is 4.12. The standard InChI is InChI=1S/C15H16N6OS/c22-14(10-3-4-12-13(8-10)19-20-18-12)17-9-11-2-1-6-21(11)15-16-5-7-23-15/h3-5,7-8,11H,1-2,6,9H2,(H,17,22)(H,18,19,20). The zero-order chi connectivity index (χ0) is 15.6. The maximum absolute atomic E-state index is 12.4. The van der Waals surface area contributed by atoms with Crippen LogP contribution in [0.3, 0.4) is 0 Å². The van der Waals surface area contributed by atoms with Gasteiger partial charge in [-0.2, -0.15) is 15.4 Å². The summed E-state index contributed by atoms with van der Waals surface area (Å²) in [5.74, 6) is -0.0825. The van der Waals surface area contributed by atoms with Gasteiger partial charge in [-0.1, -0.05) is 0 Å². The molecule has 1 fully saturated rings. The monoisotopic (exact) mass is 328 g/mol. The number of carbonyl (C=O) groups excluding carboxylic acids is 1. The molecular weight excluding hydrogens is 312 g/mol. The summed E-state index contributed by atoms with van der Waals surface area (Å²) in [6, 6.07) is 5.63. The van der Waals surface area contributed by atoms with E-state index in [0.717, 1.165) is 30.0 Å². The highest BCUT2D eigenvalue weighted by Gasteiger charge is 2.26. The van der Waals surface area contributed by atoms with Crippen molar-refractivity contribution >= 4 is 33.4 Å². The van der Waals surface area contributed by atoms with E-state index in [9.17, 15) is 4.79 Å². The summed E-state index contributed by atoms with van der Waals surface area (Å²) in [5, 5.41) is 16.6. The summed E-state index contributed by atoms with van der Waals surface area (Å²) < 4.78 is 0. The third kappa shape index (κ3) is 2.77. The Labute approximate surface area is 136 Å². The van der Waals surface area contributed by atoms with Gasteiger partial charge in [0.15, 0.2) is 5.13 Å². The molecule has 1 aromatic carbocycles. The van der Waals surface area contributed by atoms with Gasteiger partial charge in [-0.15, -0.1) is 11.3 Å². The molecule has 4 rings (SSSR count). The van der Waals surface area contributed by atoms with Crippen LogP contribution in [0.1, 0.15) is 23.2 Å². The van der Waals surface area contributed by atoms with E-state index in [2.05, 4.69) is 30.6 Å². The predicted octanol–water partition coefficient (Wildman–Crippen LogP) is 1.81. The van der Waals surface area contributed by atoms with E-state index in [0.29, 0.717) is 23.7 Å². The second-order valence-electron chi connectivity index (χ2n) is 5.54. The highest BCUT2D eigenvalue weighted by atomic mass is 32.1. The number of carbonyl (C=O) groups is 1. The highest BCUT2D eigenvalue weighted by molar-refractivity contribution is 7.13. The van der Waals surface area contributed by atoms with Crippen molar-refractivity contribution in [2.75, 3.05) is 18.0 Å². The average Bonchev–Trinajstić information content (AvgIpc) is 3.31. The molecule has 0 spiro atoms. The van der Waals surface area contributed by atoms with Gasteiger partial charge in [0.05, 0.1) is 0 Å². The molecule has 1 aliphatic rings. The molecule has 0 bridgehead atoms. The molecule has 0 aliphatic carbocycles. The Morgan fingerprint density at radius 1 is 1.39 bits per heavy atom. The quantitative estimate of drug-likeness (QED) is 0.763. The molecule has 2 aromatic heterocycles. The molecule has 23 heavy (non-hydrogen) atoms. The van der Waals surface area contributed by atoms with E-state index in [-0.39, 0.29) is 5.91 Å². The number of fused-ring (bicyclic) bond motifs is 1. The normalized spacial score (nSPS) is 17.7. The maximum Gasteiger partial charge on any atom is 0.251 e. The Morgan fingerprint density at radius 2 is 2.30 bits per heavy atom. The van der Waals surface area contributed by atoms with Crippen LogP contribution in [-0.2, 0) is 0 Å². The molecule has 118 valence electrons. The lowest BCUT2D eigenvalue weighted by Gasteiger charge is -2.24. The van der Waals surface area contributed by atoms with Crippen LogP contribution in [0.5, 0.6) is 0 Å². The van der Waals surface area contributed by atoms with Crippen molar-refractivity contribution in [2.24, 2.45) is 0 Å². The summed E-state index contributed by atoms with van der Waals surface area (Å²) >= 11 is 1.64. The molecule has 0 radical (unpaired) electrons. The molecular formula is C15H16N6OS. The van der Waals surface area contributed by atoms with E-state index in [1.807, 2.05) is 11.6 Å². The maximum atomic E-state index is 12.4. The van der Waals surface area contributed by atoms with Crippen molar-refractivity contribution in [2.45, 2.75) is 18.9 Å². The van der Waals surface area contributed by atoms with Gasteiger partial charge in [0.2, 0.25) is 0 Å². The SMILES string of the molecule is O=C(NCC1CCCN1c1nccs1)c1ccc2n[nH]nc2c1. The average molecular weight is 328 g/mol. The summed E-state index contributed by atoms with van der Waals surface area (Å²) in [6.45, 7) is 1.62. The Bertz CT molecular complexity index is 814. The van der Waals surface area contributed by atoms with Crippen molar-refractivity contribution < 1.29 is 4.79 Å². The summed E-state index contributed by atoms with van der Waals surface area (Å²) in [6.07, 6.45) is 4.02. The molecule has 0 saturated carbocycles. The topological polar surface area (TPSA) is 86.8 Å². The number of H-pyrrole nitrogens is 1. The second kappa shape index (κ2) is 5.96. The molecule has 1 aliphatic heterocycles. The lowest BCUT2D eigenvalue weighted by Crippen LogP contribution is -2.40. The molecule has 8 heteroatoms. The van der Waals surface area contributed by atoms with Gasteiger partial charge < -0.3 is 10.2 Å². The minimum Gasteiger partial charge on any atom is -0.350 e. The number of benzene rings is 1. The number of aromatic amines is 1.